The van der Waals surface area contributed by atoms with Crippen LogP contribution in [0, 0.1) is 0 Å². The molecule has 5 rings (SSSR count). The van der Waals surface area contributed by atoms with Crippen LogP contribution in [0.1, 0.15) is 48.5 Å². The molecule has 158 valence electrons. The molecular formula is C20H24N6O3S. The summed E-state index contributed by atoms with van der Waals surface area (Å²) in [4.78, 5) is 19.3. The standard InChI is InChI=1S/C20H24N6O3S/c1-12(13-9-22-25(3)11-13)17-10-21-19-23-18(27)15-8-14(4-5-16(15)26(17)19)30(28,29)24-20(2)6-7-20/h4-5,8-9,11-12,17,24H,6-7,10H2,1-3H3,(H,21,23,27). The molecule has 2 aromatic rings. The molecule has 0 bridgehead atoms. The molecular weight excluding hydrogens is 404 g/mol. The second-order valence-corrected chi connectivity index (χ2v) is 10.3. The van der Waals surface area contributed by atoms with Crippen molar-refractivity contribution < 1.29 is 13.2 Å². The first kappa shape index (κ1) is 19.3. The number of rotatable bonds is 5. The first-order valence-corrected chi connectivity index (χ1v) is 11.5. The predicted molar refractivity (Wildman–Crippen MR) is 112 cm³/mol. The van der Waals surface area contributed by atoms with Gasteiger partial charge in [0, 0.05) is 24.7 Å². The Balaban J connectivity index is 1.50. The summed E-state index contributed by atoms with van der Waals surface area (Å²) in [6.45, 7) is 4.52. The van der Waals surface area contributed by atoms with Gasteiger partial charge in [0.15, 0.2) is 0 Å². The zero-order chi connectivity index (χ0) is 21.3. The summed E-state index contributed by atoms with van der Waals surface area (Å²) >= 11 is 0. The summed E-state index contributed by atoms with van der Waals surface area (Å²) in [6.07, 6.45) is 5.45. The van der Waals surface area contributed by atoms with E-state index in [1.54, 1.807) is 16.8 Å². The third-order valence-electron chi connectivity index (χ3n) is 6.20. The van der Waals surface area contributed by atoms with E-state index >= 15 is 0 Å². The lowest BCUT2D eigenvalue weighted by atomic mass is 9.94. The Morgan fingerprint density at radius 2 is 2.10 bits per heavy atom. The third-order valence-corrected chi connectivity index (χ3v) is 7.84. The van der Waals surface area contributed by atoms with Crippen molar-refractivity contribution in [3.8, 4) is 0 Å². The predicted octanol–water partition coefficient (Wildman–Crippen LogP) is 1.34. The highest BCUT2D eigenvalue weighted by atomic mass is 32.2. The number of nitrogens with one attached hydrogen (secondary N) is 2. The Kier molecular flexibility index (Phi) is 4.10. The molecule has 1 aliphatic carbocycles. The second-order valence-electron chi connectivity index (χ2n) is 8.64. The average Bonchev–Trinajstić information content (AvgIpc) is 3.07. The van der Waals surface area contributed by atoms with Crippen LogP contribution >= 0.6 is 0 Å². The maximum Gasteiger partial charge on any atom is 0.260 e. The van der Waals surface area contributed by atoms with E-state index in [2.05, 4.69) is 27.1 Å². The number of fused-ring (bicyclic) bond motifs is 3. The highest BCUT2D eigenvalue weighted by Gasteiger charge is 2.43. The van der Waals surface area contributed by atoms with Crippen LogP contribution in [0.4, 0.5) is 5.69 Å². The molecule has 10 heteroatoms. The van der Waals surface area contributed by atoms with Crippen LogP contribution in [0.3, 0.4) is 0 Å². The molecule has 1 amide bonds. The van der Waals surface area contributed by atoms with E-state index in [4.69, 9.17) is 0 Å². The summed E-state index contributed by atoms with van der Waals surface area (Å²) in [5.74, 6) is 0.277. The van der Waals surface area contributed by atoms with Gasteiger partial charge in [0.1, 0.15) is 0 Å². The zero-order valence-electron chi connectivity index (χ0n) is 17.1. The molecule has 3 heterocycles. The first-order chi connectivity index (χ1) is 14.2. The molecule has 3 aliphatic rings. The van der Waals surface area contributed by atoms with Crippen molar-refractivity contribution in [3.63, 3.8) is 0 Å². The van der Waals surface area contributed by atoms with Gasteiger partial charge >= 0.3 is 0 Å². The zero-order valence-corrected chi connectivity index (χ0v) is 17.9. The smallest absolute Gasteiger partial charge is 0.260 e. The number of sulfonamides is 1. The summed E-state index contributed by atoms with van der Waals surface area (Å²) in [5, 5.41) is 7.08. The number of aliphatic imine (C=N–C) groups is 1. The third kappa shape index (κ3) is 3.10. The second kappa shape index (κ2) is 6.39. The maximum atomic E-state index is 12.8. The molecule has 9 nitrogen and oxygen atoms in total. The first-order valence-electron chi connectivity index (χ1n) is 9.98. The van der Waals surface area contributed by atoms with Gasteiger partial charge in [-0.05, 0) is 43.5 Å². The van der Waals surface area contributed by atoms with Crippen LogP contribution in [0.2, 0.25) is 0 Å². The quantitative estimate of drug-likeness (QED) is 0.747. The summed E-state index contributed by atoms with van der Waals surface area (Å²) < 4.78 is 30.1. The summed E-state index contributed by atoms with van der Waals surface area (Å²) in [5.41, 5.74) is 1.71. The lowest BCUT2D eigenvalue weighted by molar-refractivity contribution is 0.0974. The van der Waals surface area contributed by atoms with Gasteiger partial charge in [-0.25, -0.2) is 13.1 Å². The van der Waals surface area contributed by atoms with Crippen LogP contribution in [-0.4, -0.2) is 48.2 Å². The number of hydrogen-bond donors (Lipinski definition) is 2. The van der Waals surface area contributed by atoms with Gasteiger partial charge in [0.25, 0.3) is 5.91 Å². The number of nitrogens with zero attached hydrogens (tertiary/aromatic N) is 4. The van der Waals surface area contributed by atoms with E-state index in [1.807, 2.05) is 31.3 Å². The monoisotopic (exact) mass is 428 g/mol. The Labute approximate surface area is 175 Å². The van der Waals surface area contributed by atoms with Crippen molar-refractivity contribution in [3.05, 3.63) is 41.7 Å². The van der Waals surface area contributed by atoms with Crippen LogP contribution in [0.25, 0.3) is 0 Å². The average molecular weight is 429 g/mol. The van der Waals surface area contributed by atoms with Gasteiger partial charge in [0.2, 0.25) is 16.0 Å². The fourth-order valence-corrected chi connectivity index (χ4v) is 5.57. The number of guanidine groups is 1. The lowest BCUT2D eigenvalue weighted by Gasteiger charge is -2.35. The van der Waals surface area contributed by atoms with Crippen molar-refractivity contribution in [1.29, 1.82) is 0 Å². The highest BCUT2D eigenvalue weighted by Crippen LogP contribution is 2.38. The van der Waals surface area contributed by atoms with Crippen molar-refractivity contribution in [1.82, 2.24) is 19.8 Å². The number of amides is 1. The molecule has 1 saturated carbocycles. The van der Waals surface area contributed by atoms with Gasteiger partial charge < -0.3 is 4.90 Å². The molecule has 0 spiro atoms. The molecule has 0 saturated heterocycles. The van der Waals surface area contributed by atoms with Gasteiger partial charge in [-0.1, -0.05) is 6.92 Å². The van der Waals surface area contributed by atoms with Crippen molar-refractivity contribution in [2.24, 2.45) is 12.0 Å². The largest absolute Gasteiger partial charge is 0.306 e. The number of carbonyl (C=O) groups excluding carboxylic acids is 1. The highest BCUT2D eigenvalue weighted by molar-refractivity contribution is 7.89. The molecule has 30 heavy (non-hydrogen) atoms. The van der Waals surface area contributed by atoms with Gasteiger partial charge in [-0.15, -0.1) is 0 Å². The van der Waals surface area contributed by atoms with Crippen molar-refractivity contribution in [2.45, 2.75) is 49.1 Å². The fourth-order valence-electron chi connectivity index (χ4n) is 4.08. The number of anilines is 1. The van der Waals surface area contributed by atoms with Crippen molar-refractivity contribution >= 4 is 27.6 Å². The van der Waals surface area contributed by atoms with Gasteiger partial charge in [-0.3, -0.25) is 19.8 Å². The van der Waals surface area contributed by atoms with E-state index < -0.39 is 10.0 Å². The van der Waals surface area contributed by atoms with Crippen LogP contribution in [-0.2, 0) is 17.1 Å². The number of aryl methyl sites for hydroxylation is 1. The number of carbonyl (C=O) groups is 1. The lowest BCUT2D eigenvalue weighted by Crippen LogP contribution is -2.51. The minimum atomic E-state index is -3.69. The normalized spacial score (nSPS) is 22.8. The molecule has 2 unspecified atom stereocenters. The molecule has 2 aliphatic heterocycles. The Morgan fingerprint density at radius 3 is 2.77 bits per heavy atom. The van der Waals surface area contributed by atoms with Crippen LogP contribution in [0.5, 0.6) is 0 Å². The van der Waals surface area contributed by atoms with E-state index in [9.17, 15) is 13.2 Å². The maximum absolute atomic E-state index is 12.8. The summed E-state index contributed by atoms with van der Waals surface area (Å²) in [6, 6.07) is 4.73. The molecule has 1 fully saturated rings. The van der Waals surface area contributed by atoms with E-state index in [-0.39, 0.29) is 28.3 Å². The molecule has 1 aromatic carbocycles. The SMILES string of the molecule is CC(c1cnn(C)c1)C1CN=C2NC(=O)c3cc(S(=O)(=O)NC4(C)CC4)ccc3N21. The number of benzene rings is 1. The molecule has 2 N–H and O–H groups in total. The van der Waals surface area contributed by atoms with Gasteiger partial charge in [0.05, 0.1) is 34.9 Å². The summed E-state index contributed by atoms with van der Waals surface area (Å²) in [7, 11) is -1.82. The topological polar surface area (TPSA) is 109 Å². The van der Waals surface area contributed by atoms with E-state index in [1.165, 1.54) is 6.07 Å². The molecule has 2 atom stereocenters. The Hall–Kier alpha value is -2.72. The fraction of sp³-hybridized carbons (Fsp3) is 0.450. The van der Waals surface area contributed by atoms with E-state index in [0.29, 0.717) is 23.8 Å². The molecule has 0 radical (unpaired) electrons. The minimum Gasteiger partial charge on any atom is -0.306 e. The van der Waals surface area contributed by atoms with Crippen molar-refractivity contribution in [2.75, 3.05) is 11.4 Å². The van der Waals surface area contributed by atoms with Crippen LogP contribution in [0.15, 0.2) is 40.5 Å². The number of hydrogen-bond acceptors (Lipinski definition) is 6. The van der Waals surface area contributed by atoms with E-state index in [0.717, 1.165) is 18.4 Å². The number of aromatic nitrogens is 2. The molecule has 1 aromatic heterocycles. The Morgan fingerprint density at radius 1 is 1.33 bits per heavy atom. The van der Waals surface area contributed by atoms with Gasteiger partial charge in [-0.2, -0.15) is 5.10 Å². The van der Waals surface area contributed by atoms with Crippen LogP contribution < -0.4 is 14.9 Å². The minimum absolute atomic E-state index is 0.00509. The Bertz CT molecular complexity index is 1180.